The first kappa shape index (κ1) is 27.9. The summed E-state index contributed by atoms with van der Waals surface area (Å²) in [6.45, 7) is 0.957. The number of benzene rings is 3. The number of methoxy groups -OCH3 is 1. The zero-order chi connectivity index (χ0) is 28.3. The molecule has 0 aliphatic carbocycles. The highest BCUT2D eigenvalue weighted by molar-refractivity contribution is 5.67. The minimum atomic E-state index is -0.830. The zero-order valence-electron chi connectivity index (χ0n) is 22.2. The lowest BCUT2D eigenvalue weighted by Gasteiger charge is -2.26. The third kappa shape index (κ3) is 5.68. The molecule has 0 bridgehead atoms. The summed E-state index contributed by atoms with van der Waals surface area (Å²) in [5.41, 5.74) is -0.845. The molecular weight excluding hydrogens is 507 g/mol. The number of ether oxygens (including phenoxy) is 1. The van der Waals surface area contributed by atoms with E-state index in [-0.39, 0.29) is 40.7 Å². The SMILES string of the molecule is COc1cccc(-c2c(C)n(Cc3c(F)cccc3F)c(=O)n(C[C@H](Cc3ccccc3)N(C)C)c2=O)c1F. The molecule has 4 aromatic rings. The van der Waals surface area contributed by atoms with Gasteiger partial charge in [-0.3, -0.25) is 13.9 Å². The number of rotatable bonds is 9. The predicted molar refractivity (Wildman–Crippen MR) is 145 cm³/mol. The Morgan fingerprint density at radius 2 is 1.51 bits per heavy atom. The standard InChI is InChI=1S/C30H30F3N3O3/c1-19-27(22-12-8-15-26(39-4)28(22)33)29(37)36(17-21(34(2)3)16-20-10-6-5-7-11-20)30(38)35(19)18-23-24(31)13-9-14-25(23)32/h5-15,21H,16-18H2,1-4H3/t21-/m0/s1. The van der Waals surface area contributed by atoms with E-state index in [1.807, 2.05) is 49.3 Å². The molecule has 0 saturated carbocycles. The topological polar surface area (TPSA) is 56.5 Å². The molecule has 0 unspecified atom stereocenters. The van der Waals surface area contributed by atoms with Gasteiger partial charge in [0.2, 0.25) is 0 Å². The molecule has 1 heterocycles. The molecule has 0 aliphatic heterocycles. The van der Waals surface area contributed by atoms with Crippen LogP contribution in [0.1, 0.15) is 16.8 Å². The molecule has 6 nitrogen and oxygen atoms in total. The van der Waals surface area contributed by atoms with E-state index in [0.717, 1.165) is 26.8 Å². The first-order valence-electron chi connectivity index (χ1n) is 12.4. The Morgan fingerprint density at radius 1 is 0.872 bits per heavy atom. The van der Waals surface area contributed by atoms with E-state index in [9.17, 15) is 18.4 Å². The second-order valence-corrected chi connectivity index (χ2v) is 9.57. The minimum Gasteiger partial charge on any atom is -0.494 e. The second kappa shape index (κ2) is 11.7. The molecule has 0 amide bonds. The summed E-state index contributed by atoms with van der Waals surface area (Å²) in [5, 5.41) is 0. The van der Waals surface area contributed by atoms with Gasteiger partial charge in [0.15, 0.2) is 11.6 Å². The van der Waals surface area contributed by atoms with Gasteiger partial charge in [0, 0.05) is 29.4 Å². The van der Waals surface area contributed by atoms with Crippen LogP contribution in [0.15, 0.2) is 76.3 Å². The van der Waals surface area contributed by atoms with Crippen molar-refractivity contribution in [3.63, 3.8) is 0 Å². The van der Waals surface area contributed by atoms with Gasteiger partial charge in [0.1, 0.15) is 11.6 Å². The Bertz CT molecular complexity index is 1580. The van der Waals surface area contributed by atoms with Crippen molar-refractivity contribution >= 4 is 0 Å². The maximum Gasteiger partial charge on any atom is 0.331 e. The van der Waals surface area contributed by atoms with Crippen LogP contribution in [0.4, 0.5) is 13.2 Å². The Balaban J connectivity index is 1.95. The monoisotopic (exact) mass is 537 g/mol. The van der Waals surface area contributed by atoms with E-state index >= 15 is 4.39 Å². The van der Waals surface area contributed by atoms with Gasteiger partial charge in [-0.1, -0.05) is 48.5 Å². The summed E-state index contributed by atoms with van der Waals surface area (Å²) in [6.07, 6.45) is 0.526. The van der Waals surface area contributed by atoms with Crippen LogP contribution in [-0.2, 0) is 19.5 Å². The minimum absolute atomic E-state index is 0.0296. The average molecular weight is 538 g/mol. The van der Waals surface area contributed by atoms with E-state index in [4.69, 9.17) is 4.74 Å². The lowest BCUT2D eigenvalue weighted by atomic mass is 10.0. The summed E-state index contributed by atoms with van der Waals surface area (Å²) in [6, 6.07) is 17.1. The molecule has 0 aliphatic rings. The largest absolute Gasteiger partial charge is 0.494 e. The van der Waals surface area contributed by atoms with Crippen molar-refractivity contribution in [3.8, 4) is 16.9 Å². The van der Waals surface area contributed by atoms with E-state index in [1.54, 1.807) is 0 Å². The van der Waals surface area contributed by atoms with Crippen LogP contribution in [0, 0.1) is 24.4 Å². The van der Waals surface area contributed by atoms with E-state index in [0.29, 0.717) is 6.42 Å². The van der Waals surface area contributed by atoms with Crippen molar-refractivity contribution in [2.45, 2.75) is 32.5 Å². The zero-order valence-corrected chi connectivity index (χ0v) is 22.2. The molecule has 0 spiro atoms. The lowest BCUT2D eigenvalue weighted by Crippen LogP contribution is -2.47. The summed E-state index contributed by atoms with van der Waals surface area (Å²) in [4.78, 5) is 29.6. The molecular formula is C30H30F3N3O3. The molecule has 0 fully saturated rings. The van der Waals surface area contributed by atoms with Crippen molar-refractivity contribution in [3.05, 3.63) is 122 Å². The van der Waals surface area contributed by atoms with Gasteiger partial charge in [-0.2, -0.15) is 0 Å². The highest BCUT2D eigenvalue weighted by atomic mass is 19.1. The van der Waals surface area contributed by atoms with Gasteiger partial charge >= 0.3 is 5.69 Å². The number of halogens is 3. The van der Waals surface area contributed by atoms with Crippen molar-refractivity contribution in [2.75, 3.05) is 21.2 Å². The average Bonchev–Trinajstić information content (AvgIpc) is 2.91. The van der Waals surface area contributed by atoms with Crippen LogP contribution in [0.3, 0.4) is 0 Å². The fraction of sp³-hybridized carbons (Fsp3) is 0.267. The molecule has 39 heavy (non-hydrogen) atoms. The fourth-order valence-corrected chi connectivity index (χ4v) is 4.67. The van der Waals surface area contributed by atoms with Gasteiger partial charge in [-0.25, -0.2) is 18.0 Å². The highest BCUT2D eigenvalue weighted by Gasteiger charge is 2.25. The summed E-state index contributed by atoms with van der Waals surface area (Å²) >= 11 is 0. The van der Waals surface area contributed by atoms with Crippen LogP contribution >= 0.6 is 0 Å². The summed E-state index contributed by atoms with van der Waals surface area (Å²) in [7, 11) is 4.98. The van der Waals surface area contributed by atoms with E-state index < -0.39 is 35.2 Å². The Labute approximate surface area is 224 Å². The lowest BCUT2D eigenvalue weighted by molar-refractivity contribution is 0.255. The Morgan fingerprint density at radius 3 is 2.13 bits per heavy atom. The molecule has 3 aromatic carbocycles. The van der Waals surface area contributed by atoms with Crippen molar-refractivity contribution in [1.82, 2.24) is 14.0 Å². The van der Waals surface area contributed by atoms with Crippen LogP contribution in [-0.4, -0.2) is 41.3 Å². The normalized spacial score (nSPS) is 12.1. The van der Waals surface area contributed by atoms with Gasteiger partial charge in [0.05, 0.1) is 19.2 Å². The molecule has 204 valence electrons. The van der Waals surface area contributed by atoms with Crippen LogP contribution in [0.5, 0.6) is 5.75 Å². The molecule has 0 radical (unpaired) electrons. The maximum atomic E-state index is 15.4. The molecule has 4 rings (SSSR count). The summed E-state index contributed by atoms with van der Waals surface area (Å²) < 4.78 is 51.9. The number of aromatic nitrogens is 2. The third-order valence-electron chi connectivity index (χ3n) is 6.96. The van der Waals surface area contributed by atoms with Gasteiger partial charge < -0.3 is 9.64 Å². The second-order valence-electron chi connectivity index (χ2n) is 9.57. The summed E-state index contributed by atoms with van der Waals surface area (Å²) in [5.74, 6) is -2.51. The smallest absolute Gasteiger partial charge is 0.331 e. The van der Waals surface area contributed by atoms with Crippen LogP contribution in [0.2, 0.25) is 0 Å². The highest BCUT2D eigenvalue weighted by Crippen LogP contribution is 2.29. The van der Waals surface area contributed by atoms with Crippen LogP contribution in [0.25, 0.3) is 11.1 Å². The Kier molecular flexibility index (Phi) is 8.40. The van der Waals surface area contributed by atoms with Crippen molar-refractivity contribution in [2.24, 2.45) is 0 Å². The molecule has 1 atom stereocenters. The van der Waals surface area contributed by atoms with Crippen molar-refractivity contribution in [1.29, 1.82) is 0 Å². The number of likely N-dealkylation sites (N-methyl/N-ethyl adjacent to an activating group) is 1. The number of hydrogen-bond acceptors (Lipinski definition) is 4. The Hall–Kier alpha value is -4.11. The molecule has 0 N–H and O–H groups in total. The first-order chi connectivity index (χ1) is 18.6. The third-order valence-corrected chi connectivity index (χ3v) is 6.96. The van der Waals surface area contributed by atoms with Gasteiger partial charge in [0.25, 0.3) is 5.56 Å². The molecule has 1 aromatic heterocycles. The number of nitrogens with zero attached hydrogens (tertiary/aromatic N) is 3. The van der Waals surface area contributed by atoms with E-state index in [1.165, 1.54) is 38.3 Å². The van der Waals surface area contributed by atoms with Crippen molar-refractivity contribution < 1.29 is 17.9 Å². The maximum absolute atomic E-state index is 15.4. The molecule has 0 saturated heterocycles. The van der Waals surface area contributed by atoms with Gasteiger partial charge in [-0.15, -0.1) is 0 Å². The number of hydrogen-bond donors (Lipinski definition) is 0. The predicted octanol–water partition coefficient (Wildman–Crippen LogP) is 4.63. The van der Waals surface area contributed by atoms with Crippen LogP contribution < -0.4 is 16.0 Å². The molecule has 9 heteroatoms. The van der Waals surface area contributed by atoms with Gasteiger partial charge in [-0.05, 0) is 51.2 Å². The quantitative estimate of drug-likeness (QED) is 0.313. The fourth-order valence-electron chi connectivity index (χ4n) is 4.67. The van der Waals surface area contributed by atoms with E-state index in [2.05, 4.69) is 0 Å². The first-order valence-corrected chi connectivity index (χ1v) is 12.4.